The van der Waals surface area contributed by atoms with Crippen LogP contribution in [0.25, 0.3) is 11.1 Å². The minimum atomic E-state index is -0.948. The molecule has 0 unspecified atom stereocenters. The van der Waals surface area contributed by atoms with E-state index in [2.05, 4.69) is 10.3 Å². The number of carbonyl (C=O) groups excluding carboxylic acids is 1. The second-order valence-corrected chi connectivity index (χ2v) is 6.17. The van der Waals surface area contributed by atoms with Gasteiger partial charge in [-0.3, -0.25) is 14.6 Å². The molecule has 2 N–H and O–H groups in total. The van der Waals surface area contributed by atoms with Crippen molar-refractivity contribution in [2.75, 3.05) is 13.7 Å². The van der Waals surface area contributed by atoms with E-state index in [1.807, 2.05) is 38.1 Å². The molecule has 0 fully saturated rings. The van der Waals surface area contributed by atoms with E-state index in [1.165, 1.54) is 6.20 Å². The normalized spacial score (nSPS) is 11.0. The van der Waals surface area contributed by atoms with Gasteiger partial charge in [0.05, 0.1) is 18.1 Å². The van der Waals surface area contributed by atoms with Gasteiger partial charge in [0.15, 0.2) is 0 Å². The lowest BCUT2D eigenvalue weighted by Gasteiger charge is -2.26. The molecule has 6 nitrogen and oxygen atoms in total. The van der Waals surface area contributed by atoms with Crippen molar-refractivity contribution in [3.8, 4) is 16.9 Å². The highest BCUT2D eigenvalue weighted by Gasteiger charge is 2.35. The number of nitrogens with zero attached hydrogens (tertiary/aromatic N) is 1. The molecule has 0 bridgehead atoms. The lowest BCUT2D eigenvalue weighted by Crippen LogP contribution is -2.42. The van der Waals surface area contributed by atoms with Crippen LogP contribution in [-0.2, 0) is 4.79 Å². The smallest absolute Gasteiger partial charge is 0.311 e. The fourth-order valence-electron chi connectivity index (χ4n) is 2.74. The lowest BCUT2D eigenvalue weighted by atomic mass is 9.82. The van der Waals surface area contributed by atoms with Crippen LogP contribution >= 0.6 is 0 Å². The highest BCUT2D eigenvalue weighted by molar-refractivity contribution is 5.95. The molecule has 0 aliphatic heterocycles. The number of amides is 1. The maximum absolute atomic E-state index is 12.5. The number of methoxy groups -OCH3 is 1. The molecular formula is C20H24N2O4. The van der Waals surface area contributed by atoms with Crippen LogP contribution in [0.1, 0.15) is 37.0 Å². The van der Waals surface area contributed by atoms with Gasteiger partial charge in [0.1, 0.15) is 5.75 Å². The number of benzene rings is 1. The van der Waals surface area contributed by atoms with Gasteiger partial charge in [-0.25, -0.2) is 0 Å². The number of ether oxygens (including phenoxy) is 1. The van der Waals surface area contributed by atoms with Crippen LogP contribution < -0.4 is 10.1 Å². The molecule has 0 saturated carbocycles. The number of nitrogens with one attached hydrogen (secondary N) is 1. The summed E-state index contributed by atoms with van der Waals surface area (Å²) >= 11 is 0. The molecule has 0 radical (unpaired) electrons. The number of carbonyl (C=O) groups is 2. The van der Waals surface area contributed by atoms with Crippen molar-refractivity contribution in [2.45, 2.75) is 26.7 Å². The zero-order valence-corrected chi connectivity index (χ0v) is 15.3. The summed E-state index contributed by atoms with van der Waals surface area (Å²) in [5.41, 5.74) is 1.16. The molecule has 2 aromatic rings. The molecule has 1 heterocycles. The van der Waals surface area contributed by atoms with E-state index < -0.39 is 11.4 Å². The summed E-state index contributed by atoms with van der Waals surface area (Å²) in [6, 6.07) is 9.20. The van der Waals surface area contributed by atoms with Crippen molar-refractivity contribution in [1.29, 1.82) is 0 Å². The van der Waals surface area contributed by atoms with Gasteiger partial charge in [0.2, 0.25) is 0 Å². The van der Waals surface area contributed by atoms with E-state index in [0.29, 0.717) is 18.4 Å². The first-order valence-electron chi connectivity index (χ1n) is 8.57. The minimum Gasteiger partial charge on any atom is -0.497 e. The number of rotatable bonds is 8. The Hall–Kier alpha value is -2.89. The highest BCUT2D eigenvalue weighted by Crippen LogP contribution is 2.26. The summed E-state index contributed by atoms with van der Waals surface area (Å²) in [5.74, 6) is -0.479. The predicted molar refractivity (Wildman–Crippen MR) is 99.2 cm³/mol. The molecular weight excluding hydrogens is 332 g/mol. The van der Waals surface area contributed by atoms with Gasteiger partial charge in [-0.15, -0.1) is 0 Å². The van der Waals surface area contributed by atoms with Gasteiger partial charge >= 0.3 is 5.97 Å². The van der Waals surface area contributed by atoms with Crippen LogP contribution in [0, 0.1) is 5.41 Å². The summed E-state index contributed by atoms with van der Waals surface area (Å²) in [5, 5.41) is 12.2. The van der Waals surface area contributed by atoms with E-state index in [0.717, 1.165) is 16.9 Å². The SMILES string of the molecule is CCC(CC)(CNC(=O)c1cncc(-c2ccc(OC)cc2)c1)C(=O)O. The quantitative estimate of drug-likeness (QED) is 0.757. The third-order valence-electron chi connectivity index (χ3n) is 4.82. The van der Waals surface area contributed by atoms with E-state index in [9.17, 15) is 14.7 Å². The van der Waals surface area contributed by atoms with E-state index in [1.54, 1.807) is 19.4 Å². The van der Waals surface area contributed by atoms with Crippen LogP contribution in [0.3, 0.4) is 0 Å². The first-order chi connectivity index (χ1) is 12.5. The topological polar surface area (TPSA) is 88.5 Å². The monoisotopic (exact) mass is 356 g/mol. The second kappa shape index (κ2) is 8.47. The highest BCUT2D eigenvalue weighted by atomic mass is 16.5. The first-order valence-corrected chi connectivity index (χ1v) is 8.57. The molecule has 138 valence electrons. The molecule has 26 heavy (non-hydrogen) atoms. The molecule has 0 spiro atoms. The standard InChI is InChI=1S/C20H24N2O4/c1-4-20(5-2,19(24)25)13-22-18(23)16-10-15(11-21-12-16)14-6-8-17(26-3)9-7-14/h6-12H,4-5,13H2,1-3H3,(H,22,23)(H,24,25). The average molecular weight is 356 g/mol. The number of carboxylic acids is 1. The number of hydrogen-bond acceptors (Lipinski definition) is 4. The van der Waals surface area contributed by atoms with Gasteiger partial charge < -0.3 is 15.2 Å². The Balaban J connectivity index is 2.16. The fourth-order valence-corrected chi connectivity index (χ4v) is 2.74. The molecule has 0 aliphatic rings. The van der Waals surface area contributed by atoms with Crippen molar-refractivity contribution < 1.29 is 19.4 Å². The molecule has 0 atom stereocenters. The third kappa shape index (κ3) is 4.20. The van der Waals surface area contributed by atoms with Gasteiger partial charge in [-0.1, -0.05) is 26.0 Å². The van der Waals surface area contributed by atoms with Crippen molar-refractivity contribution in [2.24, 2.45) is 5.41 Å². The van der Waals surface area contributed by atoms with Gasteiger partial charge in [0, 0.05) is 24.5 Å². The molecule has 0 saturated heterocycles. The molecule has 6 heteroatoms. The van der Waals surface area contributed by atoms with Crippen molar-refractivity contribution in [3.63, 3.8) is 0 Å². The van der Waals surface area contributed by atoms with E-state index in [4.69, 9.17) is 4.74 Å². The fraction of sp³-hybridized carbons (Fsp3) is 0.350. The van der Waals surface area contributed by atoms with E-state index in [-0.39, 0.29) is 12.5 Å². The van der Waals surface area contributed by atoms with Crippen molar-refractivity contribution >= 4 is 11.9 Å². The van der Waals surface area contributed by atoms with Gasteiger partial charge in [0.25, 0.3) is 5.91 Å². The van der Waals surface area contributed by atoms with Crippen LogP contribution in [0.5, 0.6) is 5.75 Å². The van der Waals surface area contributed by atoms with Crippen LogP contribution in [0.2, 0.25) is 0 Å². The number of aromatic nitrogens is 1. The minimum absolute atomic E-state index is 0.0843. The summed E-state index contributed by atoms with van der Waals surface area (Å²) in [4.78, 5) is 28.2. The maximum atomic E-state index is 12.5. The lowest BCUT2D eigenvalue weighted by molar-refractivity contribution is -0.149. The van der Waals surface area contributed by atoms with Crippen molar-refractivity contribution in [3.05, 3.63) is 48.3 Å². The van der Waals surface area contributed by atoms with E-state index >= 15 is 0 Å². The molecule has 1 amide bonds. The number of hydrogen-bond donors (Lipinski definition) is 2. The average Bonchev–Trinajstić information content (AvgIpc) is 2.69. The summed E-state index contributed by atoms with van der Waals surface area (Å²) in [6.07, 6.45) is 4.05. The third-order valence-corrected chi connectivity index (χ3v) is 4.82. The Morgan fingerprint density at radius 3 is 2.31 bits per heavy atom. The maximum Gasteiger partial charge on any atom is 0.311 e. The van der Waals surface area contributed by atoms with Gasteiger partial charge in [-0.2, -0.15) is 0 Å². The molecule has 2 rings (SSSR count). The predicted octanol–water partition coefficient (Wildman–Crippen LogP) is 3.38. The number of carboxylic acid groups (broad SMARTS) is 1. The van der Waals surface area contributed by atoms with Crippen LogP contribution in [-0.4, -0.2) is 35.6 Å². The Bertz CT molecular complexity index is 768. The number of aliphatic carboxylic acids is 1. The largest absolute Gasteiger partial charge is 0.497 e. The zero-order chi connectivity index (χ0) is 19.2. The van der Waals surface area contributed by atoms with Gasteiger partial charge in [-0.05, 0) is 36.6 Å². The number of pyridine rings is 1. The Kier molecular flexibility index (Phi) is 6.33. The first kappa shape index (κ1) is 19.4. The second-order valence-electron chi connectivity index (χ2n) is 6.17. The van der Waals surface area contributed by atoms with Crippen LogP contribution in [0.4, 0.5) is 0 Å². The summed E-state index contributed by atoms with van der Waals surface area (Å²) in [7, 11) is 1.60. The summed E-state index contributed by atoms with van der Waals surface area (Å²) < 4.78 is 5.14. The van der Waals surface area contributed by atoms with Crippen molar-refractivity contribution in [1.82, 2.24) is 10.3 Å². The van der Waals surface area contributed by atoms with Crippen LogP contribution in [0.15, 0.2) is 42.7 Å². The molecule has 1 aromatic heterocycles. The molecule has 1 aromatic carbocycles. The Labute approximate surface area is 153 Å². The Morgan fingerprint density at radius 2 is 1.77 bits per heavy atom. The summed E-state index contributed by atoms with van der Waals surface area (Å²) in [6.45, 7) is 3.71. The Morgan fingerprint density at radius 1 is 1.12 bits per heavy atom. The molecule has 0 aliphatic carbocycles. The zero-order valence-electron chi connectivity index (χ0n) is 15.3.